The summed E-state index contributed by atoms with van der Waals surface area (Å²) in [5.41, 5.74) is 6.75. The van der Waals surface area contributed by atoms with Gasteiger partial charge in [0.25, 0.3) is 0 Å². The van der Waals surface area contributed by atoms with Crippen LogP contribution >= 0.6 is 0 Å². The first-order valence-corrected chi connectivity index (χ1v) is 16.8. The summed E-state index contributed by atoms with van der Waals surface area (Å²) < 4.78 is 18.0. The van der Waals surface area contributed by atoms with Gasteiger partial charge in [0.15, 0.2) is 0 Å². The Bertz CT molecular complexity index is 964. The first-order chi connectivity index (χ1) is 15.9. The van der Waals surface area contributed by atoms with Crippen LogP contribution < -0.4 is 0 Å². The van der Waals surface area contributed by atoms with Crippen LogP contribution in [0.3, 0.4) is 0 Å². The van der Waals surface area contributed by atoms with Crippen LogP contribution in [0.15, 0.2) is 97.1 Å². The van der Waals surface area contributed by atoms with E-state index in [1.165, 1.54) is 28.1 Å². The van der Waals surface area contributed by atoms with Crippen LogP contribution in [0.2, 0.25) is 11.4 Å². The average molecular weight is 507 g/mol. The molecule has 0 atom stereocenters. The van der Waals surface area contributed by atoms with E-state index in [-0.39, 0.29) is 0 Å². The van der Waals surface area contributed by atoms with Crippen molar-refractivity contribution in [2.24, 2.45) is 0 Å². The second-order valence-electron chi connectivity index (χ2n) is 8.67. The molecule has 0 aliphatic carbocycles. The van der Waals surface area contributed by atoms with Crippen LogP contribution in [-0.4, -0.2) is 60.5 Å². The van der Waals surface area contributed by atoms with E-state index >= 15 is 0 Å². The Kier molecular flexibility index (Phi) is 9.77. The Labute approximate surface area is 201 Å². The molecule has 0 spiro atoms. The van der Waals surface area contributed by atoms with Crippen molar-refractivity contribution in [3.63, 3.8) is 0 Å². The third kappa shape index (κ3) is 9.19. The number of nitrogens with zero attached hydrogens (tertiary/aromatic N) is 2. The van der Waals surface area contributed by atoms with Gasteiger partial charge in [-0.2, -0.15) is 0 Å². The van der Waals surface area contributed by atoms with Gasteiger partial charge in [0.05, 0.1) is 6.04 Å². The molecule has 3 aromatic rings. The number of hydrogen-bond acceptors (Lipinski definition) is 3. The van der Waals surface area contributed by atoms with Crippen LogP contribution in [0, 0.1) is 0 Å². The zero-order chi connectivity index (χ0) is 23.5. The number of rotatable bonds is 6. The second-order valence-corrected chi connectivity index (χ2v) is 14.1. The minimum absolute atomic E-state index is 0.337. The molecule has 0 bridgehead atoms. The maximum atomic E-state index is 9.83. The molecule has 3 aromatic carbocycles. The maximum absolute atomic E-state index is 9.83. The van der Waals surface area contributed by atoms with Crippen molar-refractivity contribution in [2.45, 2.75) is 17.5 Å². The van der Waals surface area contributed by atoms with E-state index in [2.05, 4.69) is 113 Å². The molecule has 33 heavy (non-hydrogen) atoms. The fraction of sp³-hybridized carbons (Fsp3) is 0.286. The predicted molar refractivity (Wildman–Crippen MR) is 139 cm³/mol. The van der Waals surface area contributed by atoms with Crippen LogP contribution in [0.5, 0.6) is 0 Å². The summed E-state index contributed by atoms with van der Waals surface area (Å²) >= 11 is -3.12. The van der Waals surface area contributed by atoms with Crippen molar-refractivity contribution < 1.29 is 7.84 Å². The fourth-order valence-corrected chi connectivity index (χ4v) is 3.99. The summed E-state index contributed by atoms with van der Waals surface area (Å²) in [6, 6.07) is 32.7. The van der Waals surface area contributed by atoms with Crippen LogP contribution in [-0.2, 0) is 3.74 Å². The van der Waals surface area contributed by atoms with Crippen LogP contribution in [0.25, 0.3) is 6.08 Å². The average Bonchev–Trinajstić information content (AvgIpc) is 2.81. The van der Waals surface area contributed by atoms with E-state index < -0.39 is 13.8 Å². The molecule has 1 saturated heterocycles. The molecule has 0 unspecified atom stereocenters. The van der Waals surface area contributed by atoms with Crippen molar-refractivity contribution in [1.82, 2.24) is 9.80 Å². The van der Waals surface area contributed by atoms with E-state index in [0.717, 1.165) is 32.7 Å². The zero-order valence-electron chi connectivity index (χ0n) is 19.6. The Balaban J connectivity index is 0.000000555. The molecule has 5 heteroatoms. The summed E-state index contributed by atoms with van der Waals surface area (Å²) in [7, 11) is 0. The van der Waals surface area contributed by atoms with Gasteiger partial charge in [0.1, 0.15) is 0 Å². The van der Waals surface area contributed by atoms with Crippen molar-refractivity contribution in [3.05, 3.63) is 114 Å². The van der Waals surface area contributed by atoms with E-state index in [1.54, 1.807) is 0 Å². The summed E-state index contributed by atoms with van der Waals surface area (Å²) in [5, 5.41) is 0. The van der Waals surface area contributed by atoms with Crippen LogP contribution in [0.4, 0.5) is 0 Å². The second kappa shape index (κ2) is 12.8. The van der Waals surface area contributed by atoms with Crippen molar-refractivity contribution in [3.8, 4) is 0 Å². The molecule has 4 rings (SSSR count). The van der Waals surface area contributed by atoms with E-state index in [0.29, 0.717) is 6.04 Å². The molecular weight excluding hydrogens is 471 g/mol. The first-order valence-electron chi connectivity index (χ1n) is 11.5. The third-order valence-corrected chi connectivity index (χ3v) is 5.48. The molecule has 1 fully saturated rings. The monoisotopic (exact) mass is 506 g/mol. The van der Waals surface area contributed by atoms with Gasteiger partial charge in [-0.25, -0.2) is 0 Å². The Morgan fingerprint density at radius 3 is 1.67 bits per heavy atom. The third-order valence-electron chi connectivity index (χ3n) is 5.48. The van der Waals surface area contributed by atoms with E-state index in [9.17, 15) is 3.74 Å². The van der Waals surface area contributed by atoms with Gasteiger partial charge in [-0.3, -0.25) is 9.80 Å². The van der Waals surface area contributed by atoms with E-state index in [1.807, 2.05) is 0 Å². The van der Waals surface area contributed by atoms with Crippen molar-refractivity contribution >= 4 is 19.9 Å². The van der Waals surface area contributed by atoms with Gasteiger partial charge in [-0.05, 0) is 16.7 Å². The summed E-state index contributed by atoms with van der Waals surface area (Å²) in [6.07, 6.45) is 4.51. The molecule has 0 saturated carbocycles. The topological polar surface area (TPSA) is 43.8 Å². The molecule has 1 heterocycles. The zero-order valence-corrected chi connectivity index (χ0v) is 21.5. The summed E-state index contributed by atoms with van der Waals surface area (Å²) in [5.74, 6) is 0. The minimum atomic E-state index is -3.12. The molecular formula is C28H35AsN2O2. The molecule has 0 amide bonds. The molecule has 4 nitrogen and oxygen atoms in total. The number of piperazine rings is 1. The molecule has 0 radical (unpaired) electrons. The first kappa shape index (κ1) is 25.3. The normalized spacial score (nSPS) is 15.4. The SMILES string of the molecule is C(=C\c1ccccc1)/CN1CCN(C(c2ccccc2)c2ccccc2)CC1.C[As](C)(=O)O. The standard InChI is InChI=1S/C26H28N2.C2H7AsO2/c1-4-11-23(12-5-1)13-10-18-27-19-21-28(22-20-27)26(24-14-6-2-7-15-24)25-16-8-3-9-17-25;1-3(2,4)5/h1-17,26H,18-22H2;1-2H3,(H,4,5)/b13-10+;. The molecule has 1 aliphatic rings. The van der Waals surface area contributed by atoms with Crippen LogP contribution in [0.1, 0.15) is 22.7 Å². The van der Waals surface area contributed by atoms with Crippen molar-refractivity contribution in [2.75, 3.05) is 32.7 Å². The Morgan fingerprint density at radius 2 is 1.21 bits per heavy atom. The Hall–Kier alpha value is -2.36. The van der Waals surface area contributed by atoms with Gasteiger partial charge >= 0.3 is 33.1 Å². The molecule has 174 valence electrons. The molecule has 1 aliphatic heterocycles. The predicted octanol–water partition coefficient (Wildman–Crippen LogP) is 5.22. The molecule has 0 aromatic heterocycles. The summed E-state index contributed by atoms with van der Waals surface area (Å²) in [6.45, 7) is 5.41. The number of benzene rings is 3. The molecule has 1 N–H and O–H groups in total. The number of hydrogen-bond donors (Lipinski definition) is 1. The van der Waals surface area contributed by atoms with Gasteiger partial charge < -0.3 is 0 Å². The van der Waals surface area contributed by atoms with E-state index in [4.69, 9.17) is 4.10 Å². The Morgan fingerprint density at radius 1 is 0.788 bits per heavy atom. The van der Waals surface area contributed by atoms with Crippen molar-refractivity contribution in [1.29, 1.82) is 0 Å². The van der Waals surface area contributed by atoms with Gasteiger partial charge in [-0.1, -0.05) is 103 Å². The summed E-state index contributed by atoms with van der Waals surface area (Å²) in [4.78, 5) is 5.17. The van der Waals surface area contributed by atoms with Gasteiger partial charge in [0.2, 0.25) is 0 Å². The fourth-order valence-electron chi connectivity index (χ4n) is 3.99. The quantitative estimate of drug-likeness (QED) is 0.466. The van der Waals surface area contributed by atoms with Gasteiger partial charge in [0, 0.05) is 32.7 Å². The van der Waals surface area contributed by atoms with Gasteiger partial charge in [-0.15, -0.1) is 0 Å².